The lowest BCUT2D eigenvalue weighted by Gasteiger charge is -2.10. The number of phenols is 1. The van der Waals surface area contributed by atoms with Gasteiger partial charge in [-0.2, -0.15) is 10.1 Å². The van der Waals surface area contributed by atoms with Gasteiger partial charge in [0.15, 0.2) is 11.5 Å². The van der Waals surface area contributed by atoms with Crippen LogP contribution in [-0.2, 0) is 0 Å². The SMILES string of the molecule is COc1ccc(Nc2nc(N/N=C\c3ccc(O)c(OC)c3)nc(C)c2[N+](=O)[O-])cc1. The molecule has 31 heavy (non-hydrogen) atoms. The lowest BCUT2D eigenvalue weighted by molar-refractivity contribution is -0.385. The Morgan fingerprint density at radius 2 is 1.87 bits per heavy atom. The molecular weight excluding hydrogens is 404 g/mol. The van der Waals surface area contributed by atoms with Crippen molar-refractivity contribution in [3.8, 4) is 17.2 Å². The Morgan fingerprint density at radius 3 is 2.52 bits per heavy atom. The predicted octanol–water partition coefficient (Wildman–Crippen LogP) is 3.61. The van der Waals surface area contributed by atoms with E-state index in [1.165, 1.54) is 26.3 Å². The second-order valence-electron chi connectivity index (χ2n) is 6.24. The highest BCUT2D eigenvalue weighted by atomic mass is 16.6. The van der Waals surface area contributed by atoms with Crippen molar-refractivity contribution in [3.05, 3.63) is 63.8 Å². The number of benzene rings is 2. The minimum Gasteiger partial charge on any atom is -0.504 e. The van der Waals surface area contributed by atoms with Crippen LogP contribution in [0.3, 0.4) is 0 Å². The largest absolute Gasteiger partial charge is 0.504 e. The van der Waals surface area contributed by atoms with E-state index in [0.717, 1.165) is 0 Å². The average molecular weight is 424 g/mol. The van der Waals surface area contributed by atoms with E-state index in [-0.39, 0.29) is 28.9 Å². The number of aromatic nitrogens is 2. The van der Waals surface area contributed by atoms with Crippen LogP contribution in [0.2, 0.25) is 0 Å². The Bertz CT molecular complexity index is 1120. The first kappa shape index (κ1) is 21.3. The number of rotatable bonds is 8. The van der Waals surface area contributed by atoms with Crippen LogP contribution in [0.1, 0.15) is 11.3 Å². The van der Waals surface area contributed by atoms with Crippen LogP contribution in [0.15, 0.2) is 47.6 Å². The van der Waals surface area contributed by atoms with Gasteiger partial charge in [0.25, 0.3) is 0 Å². The minimum absolute atomic E-state index is 0.0104. The van der Waals surface area contributed by atoms with Crippen molar-refractivity contribution in [2.24, 2.45) is 5.10 Å². The summed E-state index contributed by atoms with van der Waals surface area (Å²) >= 11 is 0. The zero-order chi connectivity index (χ0) is 22.4. The molecule has 0 radical (unpaired) electrons. The maximum Gasteiger partial charge on any atom is 0.332 e. The molecule has 0 aliphatic carbocycles. The highest BCUT2D eigenvalue weighted by molar-refractivity contribution is 5.81. The van der Waals surface area contributed by atoms with Crippen molar-refractivity contribution in [2.45, 2.75) is 6.92 Å². The number of hydrogen-bond donors (Lipinski definition) is 3. The summed E-state index contributed by atoms with van der Waals surface area (Å²) in [6.45, 7) is 1.51. The summed E-state index contributed by atoms with van der Waals surface area (Å²) in [4.78, 5) is 19.3. The van der Waals surface area contributed by atoms with Crippen LogP contribution < -0.4 is 20.2 Å². The van der Waals surface area contributed by atoms with Gasteiger partial charge < -0.3 is 19.9 Å². The quantitative estimate of drug-likeness (QED) is 0.280. The summed E-state index contributed by atoms with van der Waals surface area (Å²) in [5.74, 6) is 1.06. The van der Waals surface area contributed by atoms with E-state index < -0.39 is 4.92 Å². The molecule has 0 unspecified atom stereocenters. The summed E-state index contributed by atoms with van der Waals surface area (Å²) in [5, 5.41) is 28.1. The zero-order valence-electron chi connectivity index (χ0n) is 17.0. The first-order chi connectivity index (χ1) is 14.9. The second-order valence-corrected chi connectivity index (χ2v) is 6.24. The third-order valence-corrected chi connectivity index (χ3v) is 4.18. The molecule has 11 heteroatoms. The average Bonchev–Trinajstić information content (AvgIpc) is 2.75. The van der Waals surface area contributed by atoms with Gasteiger partial charge in [-0.3, -0.25) is 10.1 Å². The molecule has 1 aromatic heterocycles. The van der Waals surface area contributed by atoms with Crippen LogP contribution in [0.4, 0.5) is 23.1 Å². The molecule has 0 aliphatic rings. The van der Waals surface area contributed by atoms with Crippen molar-refractivity contribution in [1.29, 1.82) is 0 Å². The fourth-order valence-corrected chi connectivity index (χ4v) is 2.67. The number of nitrogens with zero attached hydrogens (tertiary/aromatic N) is 4. The monoisotopic (exact) mass is 424 g/mol. The molecule has 160 valence electrons. The standard InChI is InChI=1S/C20H20N6O5/c1-12-18(26(28)29)19(23-14-5-7-15(30-2)8-6-14)24-20(22-12)25-21-11-13-4-9-16(27)17(10-13)31-3/h4-11,27H,1-3H3,(H2,22,23,24,25)/b21-11-. The minimum atomic E-state index is -0.545. The number of nitro groups is 1. The molecule has 0 spiro atoms. The Morgan fingerprint density at radius 1 is 1.13 bits per heavy atom. The molecule has 0 aliphatic heterocycles. The number of aromatic hydroxyl groups is 1. The number of anilines is 3. The maximum atomic E-state index is 11.5. The second kappa shape index (κ2) is 9.39. The number of aryl methyl sites for hydroxylation is 1. The Labute approximate surface area is 177 Å². The molecule has 11 nitrogen and oxygen atoms in total. The lowest BCUT2D eigenvalue weighted by atomic mass is 10.2. The van der Waals surface area contributed by atoms with E-state index >= 15 is 0 Å². The van der Waals surface area contributed by atoms with Crippen LogP contribution in [0.5, 0.6) is 17.2 Å². The van der Waals surface area contributed by atoms with Crippen molar-refractivity contribution >= 4 is 29.4 Å². The summed E-state index contributed by atoms with van der Waals surface area (Å²) in [7, 11) is 2.99. The smallest absolute Gasteiger partial charge is 0.332 e. The van der Waals surface area contributed by atoms with Gasteiger partial charge in [-0.15, -0.1) is 0 Å². The van der Waals surface area contributed by atoms with Gasteiger partial charge in [0.05, 0.1) is 25.4 Å². The molecule has 3 rings (SSSR count). The topological polar surface area (TPSA) is 144 Å². The fraction of sp³-hybridized carbons (Fsp3) is 0.150. The maximum absolute atomic E-state index is 11.5. The van der Waals surface area contributed by atoms with Gasteiger partial charge in [0, 0.05) is 5.69 Å². The Hall–Kier alpha value is -4.41. The molecule has 3 aromatic rings. The highest BCUT2D eigenvalue weighted by Gasteiger charge is 2.22. The summed E-state index contributed by atoms with van der Waals surface area (Å²) < 4.78 is 10.2. The van der Waals surface area contributed by atoms with Crippen LogP contribution in [0.25, 0.3) is 0 Å². The van der Waals surface area contributed by atoms with Gasteiger partial charge in [0.2, 0.25) is 11.8 Å². The molecule has 3 N–H and O–H groups in total. The van der Waals surface area contributed by atoms with Crippen molar-refractivity contribution in [3.63, 3.8) is 0 Å². The van der Waals surface area contributed by atoms with E-state index in [1.54, 1.807) is 43.5 Å². The zero-order valence-corrected chi connectivity index (χ0v) is 17.0. The first-order valence-corrected chi connectivity index (χ1v) is 9.01. The molecular formula is C20H20N6O5. The van der Waals surface area contributed by atoms with Gasteiger partial charge in [0.1, 0.15) is 11.4 Å². The van der Waals surface area contributed by atoms with Gasteiger partial charge >= 0.3 is 5.69 Å². The van der Waals surface area contributed by atoms with Gasteiger partial charge in [-0.05, 0) is 55.0 Å². The Kier molecular flexibility index (Phi) is 6.45. The molecule has 1 heterocycles. The molecule has 0 saturated heterocycles. The molecule has 0 amide bonds. The normalized spacial score (nSPS) is 10.7. The molecule has 0 bridgehead atoms. The predicted molar refractivity (Wildman–Crippen MR) is 116 cm³/mol. The third kappa shape index (κ3) is 5.15. The van der Waals surface area contributed by atoms with Gasteiger partial charge in [-0.1, -0.05) is 0 Å². The van der Waals surface area contributed by atoms with E-state index in [0.29, 0.717) is 22.7 Å². The van der Waals surface area contributed by atoms with E-state index in [1.807, 2.05) is 0 Å². The third-order valence-electron chi connectivity index (χ3n) is 4.18. The van der Waals surface area contributed by atoms with Crippen molar-refractivity contribution in [1.82, 2.24) is 9.97 Å². The highest BCUT2D eigenvalue weighted by Crippen LogP contribution is 2.30. The van der Waals surface area contributed by atoms with Crippen LogP contribution in [0, 0.1) is 17.0 Å². The number of hydrogen-bond acceptors (Lipinski definition) is 10. The van der Waals surface area contributed by atoms with E-state index in [2.05, 4.69) is 25.8 Å². The van der Waals surface area contributed by atoms with Crippen LogP contribution in [-0.4, -0.2) is 40.4 Å². The number of ether oxygens (including phenoxy) is 2. The first-order valence-electron chi connectivity index (χ1n) is 9.01. The molecule has 0 saturated carbocycles. The lowest BCUT2D eigenvalue weighted by Crippen LogP contribution is -2.07. The van der Waals surface area contributed by atoms with Crippen molar-refractivity contribution < 1.29 is 19.5 Å². The van der Waals surface area contributed by atoms with Gasteiger partial charge in [-0.25, -0.2) is 10.4 Å². The molecule has 0 atom stereocenters. The summed E-state index contributed by atoms with van der Waals surface area (Å²) in [5.41, 5.74) is 3.82. The van der Waals surface area contributed by atoms with E-state index in [9.17, 15) is 15.2 Å². The number of hydrazone groups is 1. The summed E-state index contributed by atoms with van der Waals surface area (Å²) in [6, 6.07) is 11.6. The fourth-order valence-electron chi connectivity index (χ4n) is 2.67. The van der Waals surface area contributed by atoms with Crippen LogP contribution >= 0.6 is 0 Å². The number of phenolic OH excluding ortho intramolecular Hbond substituents is 1. The Balaban J connectivity index is 1.84. The molecule has 2 aromatic carbocycles. The number of nitrogens with one attached hydrogen (secondary N) is 2. The van der Waals surface area contributed by atoms with Crippen molar-refractivity contribution in [2.75, 3.05) is 25.0 Å². The summed E-state index contributed by atoms with van der Waals surface area (Å²) in [6.07, 6.45) is 1.47. The number of methoxy groups -OCH3 is 2. The van der Waals surface area contributed by atoms with E-state index in [4.69, 9.17) is 9.47 Å². The molecule has 0 fully saturated rings.